The summed E-state index contributed by atoms with van der Waals surface area (Å²) in [7, 11) is 3.17. The van der Waals surface area contributed by atoms with E-state index >= 15 is 0 Å². The topological polar surface area (TPSA) is 69.3 Å². The first-order valence-electron chi connectivity index (χ1n) is 8.74. The Morgan fingerprint density at radius 1 is 1.28 bits per heavy atom. The quantitative estimate of drug-likeness (QED) is 0.548. The molecule has 0 amide bonds. The number of hydrogen-bond acceptors (Lipinski definition) is 7. The van der Waals surface area contributed by atoms with Gasteiger partial charge in [-0.1, -0.05) is 12.2 Å². The van der Waals surface area contributed by atoms with E-state index in [1.54, 1.807) is 38.0 Å². The van der Waals surface area contributed by atoms with E-state index < -0.39 is 6.10 Å². The van der Waals surface area contributed by atoms with Crippen LogP contribution in [0.25, 0.3) is 16.7 Å². The molecule has 0 spiro atoms. The van der Waals surface area contributed by atoms with Crippen molar-refractivity contribution in [3.8, 4) is 17.6 Å². The second-order valence-corrected chi connectivity index (χ2v) is 7.52. The number of thiophene rings is 1. The van der Waals surface area contributed by atoms with E-state index in [-0.39, 0.29) is 0 Å². The fourth-order valence-corrected chi connectivity index (χ4v) is 4.01. The molecule has 1 aliphatic carbocycles. The lowest BCUT2D eigenvalue weighted by molar-refractivity contribution is 0.115. The van der Waals surface area contributed by atoms with Crippen LogP contribution in [0.2, 0.25) is 0 Å². The Labute approximate surface area is 177 Å². The van der Waals surface area contributed by atoms with Crippen LogP contribution in [0.3, 0.4) is 0 Å². The first-order chi connectivity index (χ1) is 14.1. The molecule has 6 nitrogen and oxygen atoms in total. The second-order valence-electron chi connectivity index (χ2n) is 6.30. The number of hydrogen-bond donors (Lipinski definition) is 0. The molecule has 0 fully saturated rings. The minimum absolute atomic E-state index is 0.412. The van der Waals surface area contributed by atoms with Crippen molar-refractivity contribution in [3.63, 3.8) is 0 Å². The lowest BCUT2D eigenvalue weighted by atomic mass is 10.0. The first-order valence-corrected chi connectivity index (χ1v) is 10.1. The summed E-state index contributed by atoms with van der Waals surface area (Å²) in [6, 6.07) is 7.86. The van der Waals surface area contributed by atoms with Crippen molar-refractivity contribution < 1.29 is 14.2 Å². The monoisotopic (exact) mass is 423 g/mol. The molecule has 3 aromatic rings. The van der Waals surface area contributed by atoms with E-state index in [4.69, 9.17) is 26.4 Å². The number of benzene rings is 1. The van der Waals surface area contributed by atoms with Crippen molar-refractivity contribution in [2.24, 2.45) is 0 Å². The number of methoxy groups -OCH3 is 2. The molecule has 4 rings (SSSR count). The molecule has 0 bridgehead atoms. The van der Waals surface area contributed by atoms with Crippen molar-refractivity contribution in [1.29, 1.82) is 5.26 Å². The molecular weight excluding hydrogens is 406 g/mol. The number of rotatable bonds is 6. The zero-order valence-corrected chi connectivity index (χ0v) is 17.4. The van der Waals surface area contributed by atoms with Gasteiger partial charge in [-0.05, 0) is 34.5 Å². The maximum atomic E-state index is 9.56. The van der Waals surface area contributed by atoms with Crippen LogP contribution < -0.4 is 9.47 Å². The fourth-order valence-electron chi connectivity index (χ4n) is 3.11. The van der Waals surface area contributed by atoms with Gasteiger partial charge in [-0.2, -0.15) is 16.6 Å². The van der Waals surface area contributed by atoms with Gasteiger partial charge in [0.05, 0.1) is 42.3 Å². The molecule has 1 aromatic carbocycles. The van der Waals surface area contributed by atoms with Gasteiger partial charge in [-0.3, -0.25) is 4.57 Å². The van der Waals surface area contributed by atoms with Gasteiger partial charge in [0.25, 0.3) is 0 Å². The zero-order valence-electron chi connectivity index (χ0n) is 15.8. The van der Waals surface area contributed by atoms with Crippen molar-refractivity contribution >= 4 is 45.1 Å². The van der Waals surface area contributed by atoms with Crippen LogP contribution in [-0.2, 0) is 11.3 Å². The minimum Gasteiger partial charge on any atom is -0.493 e. The molecule has 2 aromatic heterocycles. The number of fused-ring (bicyclic) bond motifs is 1. The van der Waals surface area contributed by atoms with Gasteiger partial charge >= 0.3 is 0 Å². The maximum Gasteiger partial charge on any atom is 0.163 e. The molecule has 0 radical (unpaired) electrons. The molecule has 0 saturated heterocycles. The van der Waals surface area contributed by atoms with Gasteiger partial charge in [0, 0.05) is 17.8 Å². The molecule has 0 saturated carbocycles. The highest BCUT2D eigenvalue weighted by molar-refractivity contribution is 7.81. The smallest absolute Gasteiger partial charge is 0.163 e. The largest absolute Gasteiger partial charge is 0.493 e. The Morgan fingerprint density at radius 3 is 2.76 bits per heavy atom. The van der Waals surface area contributed by atoms with Crippen LogP contribution in [0, 0.1) is 11.3 Å². The predicted molar refractivity (Wildman–Crippen MR) is 116 cm³/mol. The molecular formula is C21H17N3O3S2. The Balaban J connectivity index is 1.73. The van der Waals surface area contributed by atoms with E-state index in [2.05, 4.69) is 11.1 Å². The average molecular weight is 424 g/mol. The molecule has 2 heterocycles. The first kappa shape index (κ1) is 19.3. The van der Waals surface area contributed by atoms with Crippen molar-refractivity contribution in [2.45, 2.75) is 12.7 Å². The minimum atomic E-state index is -0.475. The SMILES string of the molecule is COc1cc2ncn(C3=CC(OCc4ccsc4)C(=S)C(C#N)=C3)c2cc1OC. The summed E-state index contributed by atoms with van der Waals surface area (Å²) < 4.78 is 18.7. The van der Waals surface area contributed by atoms with E-state index in [0.29, 0.717) is 28.5 Å². The van der Waals surface area contributed by atoms with Crippen LogP contribution in [0.4, 0.5) is 0 Å². The van der Waals surface area contributed by atoms with Crippen LogP contribution >= 0.6 is 23.6 Å². The molecule has 0 N–H and O–H groups in total. The Kier molecular flexibility index (Phi) is 5.45. The van der Waals surface area contributed by atoms with E-state index in [1.807, 2.05) is 39.6 Å². The lowest BCUT2D eigenvalue weighted by Gasteiger charge is -2.21. The highest BCUT2D eigenvalue weighted by Crippen LogP contribution is 2.33. The number of nitriles is 1. The molecule has 1 atom stereocenters. The van der Waals surface area contributed by atoms with E-state index in [9.17, 15) is 5.26 Å². The summed E-state index contributed by atoms with van der Waals surface area (Å²) in [4.78, 5) is 4.94. The normalized spacial score (nSPS) is 16.3. The third-order valence-electron chi connectivity index (χ3n) is 4.60. The van der Waals surface area contributed by atoms with Crippen LogP contribution in [0.15, 0.2) is 53.0 Å². The summed E-state index contributed by atoms with van der Waals surface area (Å²) in [5.74, 6) is 1.21. The van der Waals surface area contributed by atoms with Gasteiger partial charge in [-0.15, -0.1) is 0 Å². The van der Waals surface area contributed by atoms with Gasteiger partial charge in [0.1, 0.15) is 18.5 Å². The molecule has 29 heavy (non-hydrogen) atoms. The third-order valence-corrected chi connectivity index (χ3v) is 5.78. The van der Waals surface area contributed by atoms with Crippen molar-refractivity contribution in [3.05, 3.63) is 58.6 Å². The Morgan fingerprint density at radius 2 is 2.07 bits per heavy atom. The number of allylic oxidation sites excluding steroid dienone is 2. The highest BCUT2D eigenvalue weighted by Gasteiger charge is 2.24. The van der Waals surface area contributed by atoms with Gasteiger partial charge in [0.2, 0.25) is 0 Å². The standard InChI is InChI=1S/C21H17N3O3S2/c1-25-18-7-16-17(8-19(18)26-2)24(12-23-16)15-5-14(9-22)21(28)20(6-15)27-10-13-3-4-29-11-13/h3-8,11-12,20H,10H2,1-2H3. The number of thiocarbonyl (C=S) groups is 1. The number of ether oxygens (including phenoxy) is 3. The Bertz CT molecular complexity index is 1170. The summed E-state index contributed by atoms with van der Waals surface area (Å²) in [5, 5.41) is 13.6. The predicted octanol–water partition coefficient (Wildman–Crippen LogP) is 4.37. The molecule has 0 aliphatic heterocycles. The summed E-state index contributed by atoms with van der Waals surface area (Å²) in [6.45, 7) is 0.423. The summed E-state index contributed by atoms with van der Waals surface area (Å²) >= 11 is 7.09. The van der Waals surface area contributed by atoms with E-state index in [1.165, 1.54) is 0 Å². The van der Waals surface area contributed by atoms with Crippen LogP contribution in [0.1, 0.15) is 5.56 Å². The summed E-state index contributed by atoms with van der Waals surface area (Å²) in [6.07, 6.45) is 4.89. The average Bonchev–Trinajstić information content (AvgIpc) is 3.41. The van der Waals surface area contributed by atoms with Crippen molar-refractivity contribution in [1.82, 2.24) is 9.55 Å². The Hall–Kier alpha value is -2.99. The fraction of sp³-hybridized carbons (Fsp3) is 0.190. The van der Waals surface area contributed by atoms with Crippen LogP contribution in [0.5, 0.6) is 11.5 Å². The number of aromatic nitrogens is 2. The van der Waals surface area contributed by atoms with Gasteiger partial charge < -0.3 is 14.2 Å². The molecule has 1 aliphatic rings. The lowest BCUT2D eigenvalue weighted by Crippen LogP contribution is -2.25. The van der Waals surface area contributed by atoms with Crippen LogP contribution in [-0.4, -0.2) is 34.7 Å². The molecule has 146 valence electrons. The van der Waals surface area contributed by atoms with Gasteiger partial charge in [-0.25, -0.2) is 4.98 Å². The maximum absolute atomic E-state index is 9.56. The van der Waals surface area contributed by atoms with E-state index in [0.717, 1.165) is 22.3 Å². The molecule has 8 heteroatoms. The van der Waals surface area contributed by atoms with Gasteiger partial charge in [0.15, 0.2) is 11.5 Å². The zero-order chi connectivity index (χ0) is 20.4. The van der Waals surface area contributed by atoms with Crippen molar-refractivity contribution in [2.75, 3.05) is 14.2 Å². The summed E-state index contributed by atoms with van der Waals surface area (Å²) in [5.41, 5.74) is 3.83. The third kappa shape index (κ3) is 3.68. The molecule has 1 unspecified atom stereocenters. The number of imidazole rings is 1. The highest BCUT2D eigenvalue weighted by atomic mass is 32.1. The second kappa shape index (κ2) is 8.17. The number of nitrogens with zero attached hydrogens (tertiary/aromatic N) is 3.